The van der Waals surface area contributed by atoms with Gasteiger partial charge in [0.1, 0.15) is 0 Å². The Labute approximate surface area is 105 Å². The lowest BCUT2D eigenvalue weighted by atomic mass is 10.2. The number of carbonyl (C=O) groups is 1. The van der Waals surface area contributed by atoms with E-state index in [0.717, 1.165) is 37.8 Å². The van der Waals surface area contributed by atoms with Crippen molar-refractivity contribution in [2.45, 2.75) is 32.6 Å². The molecule has 0 bridgehead atoms. The molecular formula is C13H17F2NO2. The zero-order valence-corrected chi connectivity index (χ0v) is 10.3. The quantitative estimate of drug-likeness (QED) is 0.779. The van der Waals surface area contributed by atoms with Gasteiger partial charge in [-0.15, -0.1) is 0 Å². The summed E-state index contributed by atoms with van der Waals surface area (Å²) >= 11 is 0. The molecule has 1 N–H and O–H groups in total. The number of amides is 1. The van der Waals surface area contributed by atoms with Crippen molar-refractivity contribution in [3.05, 3.63) is 29.8 Å². The van der Waals surface area contributed by atoms with E-state index in [1.165, 1.54) is 6.07 Å². The Morgan fingerprint density at radius 3 is 2.67 bits per heavy atom. The van der Waals surface area contributed by atoms with Crippen LogP contribution in [0.3, 0.4) is 0 Å². The summed E-state index contributed by atoms with van der Waals surface area (Å²) in [4.78, 5) is 11.3. The molecule has 0 aliphatic carbocycles. The summed E-state index contributed by atoms with van der Waals surface area (Å²) in [6, 6.07) is 3.14. The van der Waals surface area contributed by atoms with Crippen LogP contribution in [-0.2, 0) is 4.74 Å². The first-order chi connectivity index (χ1) is 8.63. The van der Waals surface area contributed by atoms with Gasteiger partial charge in [0, 0.05) is 11.8 Å². The molecule has 1 aromatic rings. The van der Waals surface area contributed by atoms with Crippen LogP contribution < -0.4 is 5.32 Å². The predicted octanol–water partition coefficient (Wildman–Crippen LogP) is 4.09. The normalized spacial score (nSPS) is 10.2. The van der Waals surface area contributed by atoms with E-state index in [-0.39, 0.29) is 5.69 Å². The summed E-state index contributed by atoms with van der Waals surface area (Å²) in [5, 5.41) is 2.33. The molecule has 0 radical (unpaired) electrons. The van der Waals surface area contributed by atoms with Gasteiger partial charge in [-0.25, -0.2) is 13.6 Å². The van der Waals surface area contributed by atoms with Crippen molar-refractivity contribution in [2.75, 3.05) is 11.9 Å². The van der Waals surface area contributed by atoms with Crippen molar-refractivity contribution in [2.24, 2.45) is 0 Å². The number of hydrogen-bond acceptors (Lipinski definition) is 2. The first-order valence-electron chi connectivity index (χ1n) is 6.02. The van der Waals surface area contributed by atoms with Crippen LogP contribution in [0.25, 0.3) is 0 Å². The second-order valence-corrected chi connectivity index (χ2v) is 3.95. The molecule has 0 fully saturated rings. The number of ether oxygens (including phenoxy) is 1. The van der Waals surface area contributed by atoms with Crippen LogP contribution in [0.2, 0.25) is 0 Å². The number of benzene rings is 1. The molecule has 3 nitrogen and oxygen atoms in total. The summed E-state index contributed by atoms with van der Waals surface area (Å²) in [6.45, 7) is 2.42. The van der Waals surface area contributed by atoms with Crippen molar-refractivity contribution < 1.29 is 18.3 Å². The molecular weight excluding hydrogens is 240 g/mol. The molecule has 0 unspecified atom stereocenters. The molecule has 0 aromatic heterocycles. The maximum Gasteiger partial charge on any atom is 0.411 e. The highest BCUT2D eigenvalue weighted by Gasteiger charge is 2.06. The predicted molar refractivity (Wildman–Crippen MR) is 65.5 cm³/mol. The van der Waals surface area contributed by atoms with Gasteiger partial charge < -0.3 is 4.74 Å². The topological polar surface area (TPSA) is 38.3 Å². The standard InChI is InChI=1S/C13H17F2NO2/c1-2-3-4-5-8-18-13(17)16-10-6-7-11(14)12(15)9-10/h6-7,9H,2-5,8H2,1H3,(H,16,17). The van der Waals surface area contributed by atoms with E-state index >= 15 is 0 Å². The Bertz CT molecular complexity index is 397. The minimum absolute atomic E-state index is 0.174. The molecule has 0 saturated carbocycles. The van der Waals surface area contributed by atoms with E-state index in [2.05, 4.69) is 12.2 Å². The molecule has 0 aliphatic heterocycles. The molecule has 1 rings (SSSR count). The number of unbranched alkanes of at least 4 members (excludes halogenated alkanes) is 3. The highest BCUT2D eigenvalue weighted by Crippen LogP contribution is 2.13. The van der Waals surface area contributed by atoms with Gasteiger partial charge >= 0.3 is 6.09 Å². The van der Waals surface area contributed by atoms with Crippen LogP contribution >= 0.6 is 0 Å². The number of halogens is 2. The Balaban J connectivity index is 2.29. The second-order valence-electron chi connectivity index (χ2n) is 3.95. The number of hydrogen-bond donors (Lipinski definition) is 1. The fourth-order valence-corrected chi connectivity index (χ4v) is 1.42. The number of rotatable bonds is 6. The minimum atomic E-state index is -1.00. The van der Waals surface area contributed by atoms with E-state index in [4.69, 9.17) is 4.74 Å². The van der Waals surface area contributed by atoms with Crippen LogP contribution in [0.4, 0.5) is 19.3 Å². The third-order valence-corrected chi connectivity index (χ3v) is 2.40. The van der Waals surface area contributed by atoms with E-state index in [1.54, 1.807) is 0 Å². The lowest BCUT2D eigenvalue weighted by molar-refractivity contribution is 0.159. The Morgan fingerprint density at radius 2 is 2.00 bits per heavy atom. The molecule has 0 saturated heterocycles. The summed E-state index contributed by atoms with van der Waals surface area (Å²) in [5.41, 5.74) is 0.174. The van der Waals surface area contributed by atoms with Crippen LogP contribution in [0.1, 0.15) is 32.6 Å². The van der Waals surface area contributed by atoms with Crippen molar-refractivity contribution in [3.8, 4) is 0 Å². The number of carbonyl (C=O) groups excluding carboxylic acids is 1. The van der Waals surface area contributed by atoms with Gasteiger partial charge in [0.2, 0.25) is 0 Å². The van der Waals surface area contributed by atoms with Crippen LogP contribution in [0.15, 0.2) is 18.2 Å². The van der Waals surface area contributed by atoms with E-state index < -0.39 is 17.7 Å². The number of anilines is 1. The van der Waals surface area contributed by atoms with Crippen LogP contribution in [0.5, 0.6) is 0 Å². The van der Waals surface area contributed by atoms with Gasteiger partial charge in [-0.2, -0.15) is 0 Å². The molecule has 0 heterocycles. The second kappa shape index (κ2) is 7.63. The lowest BCUT2D eigenvalue weighted by Gasteiger charge is -2.07. The Morgan fingerprint density at radius 1 is 1.22 bits per heavy atom. The van der Waals surface area contributed by atoms with Crippen molar-refractivity contribution in [1.82, 2.24) is 0 Å². The lowest BCUT2D eigenvalue weighted by Crippen LogP contribution is -2.14. The highest BCUT2D eigenvalue weighted by atomic mass is 19.2. The van der Waals surface area contributed by atoms with E-state index in [0.29, 0.717) is 6.61 Å². The largest absolute Gasteiger partial charge is 0.449 e. The molecule has 5 heteroatoms. The van der Waals surface area contributed by atoms with Crippen molar-refractivity contribution >= 4 is 11.8 Å². The van der Waals surface area contributed by atoms with Gasteiger partial charge in [0.05, 0.1) is 6.61 Å². The minimum Gasteiger partial charge on any atom is -0.449 e. The zero-order valence-electron chi connectivity index (χ0n) is 10.3. The molecule has 0 spiro atoms. The highest BCUT2D eigenvalue weighted by molar-refractivity contribution is 5.84. The zero-order chi connectivity index (χ0) is 13.4. The molecule has 1 aromatic carbocycles. The van der Waals surface area contributed by atoms with Crippen molar-refractivity contribution in [1.29, 1.82) is 0 Å². The fraction of sp³-hybridized carbons (Fsp3) is 0.462. The Kier molecular flexibility index (Phi) is 6.11. The maximum atomic E-state index is 12.9. The molecule has 1 amide bonds. The van der Waals surface area contributed by atoms with Crippen LogP contribution in [-0.4, -0.2) is 12.7 Å². The monoisotopic (exact) mass is 257 g/mol. The average Bonchev–Trinajstić information content (AvgIpc) is 2.34. The third kappa shape index (κ3) is 5.12. The van der Waals surface area contributed by atoms with Gasteiger partial charge in [-0.1, -0.05) is 26.2 Å². The van der Waals surface area contributed by atoms with Crippen molar-refractivity contribution in [3.63, 3.8) is 0 Å². The van der Waals surface area contributed by atoms with E-state index in [1.807, 2.05) is 0 Å². The summed E-state index contributed by atoms with van der Waals surface area (Å²) in [6.07, 6.45) is 3.38. The first-order valence-corrected chi connectivity index (χ1v) is 6.02. The van der Waals surface area contributed by atoms with Gasteiger partial charge in [-0.3, -0.25) is 5.32 Å². The summed E-state index contributed by atoms with van der Waals surface area (Å²) < 4.78 is 30.4. The van der Waals surface area contributed by atoms with Gasteiger partial charge in [0.15, 0.2) is 11.6 Å². The molecule has 0 atom stereocenters. The first kappa shape index (κ1) is 14.4. The summed E-state index contributed by atoms with van der Waals surface area (Å²) in [7, 11) is 0. The average molecular weight is 257 g/mol. The molecule has 18 heavy (non-hydrogen) atoms. The van der Waals surface area contributed by atoms with Gasteiger partial charge in [0.25, 0.3) is 0 Å². The van der Waals surface area contributed by atoms with E-state index in [9.17, 15) is 13.6 Å². The van der Waals surface area contributed by atoms with Gasteiger partial charge in [-0.05, 0) is 18.6 Å². The smallest absolute Gasteiger partial charge is 0.411 e. The molecule has 0 aliphatic rings. The number of nitrogens with one attached hydrogen (secondary N) is 1. The maximum absolute atomic E-state index is 12.9. The fourth-order valence-electron chi connectivity index (χ4n) is 1.42. The third-order valence-electron chi connectivity index (χ3n) is 2.40. The Hall–Kier alpha value is -1.65. The SMILES string of the molecule is CCCCCCOC(=O)Nc1ccc(F)c(F)c1. The van der Waals surface area contributed by atoms with Crippen LogP contribution in [0, 0.1) is 11.6 Å². The molecule has 100 valence electrons. The summed E-state index contributed by atoms with van der Waals surface area (Å²) in [5.74, 6) is -1.95.